The van der Waals surface area contributed by atoms with Gasteiger partial charge in [0.05, 0.1) is 23.5 Å². The topological polar surface area (TPSA) is 191 Å². The predicted molar refractivity (Wildman–Crippen MR) is 207 cm³/mol. The van der Waals surface area contributed by atoms with E-state index in [1.165, 1.54) is 19.1 Å². The summed E-state index contributed by atoms with van der Waals surface area (Å²) in [6.45, 7) is 7.95. The Balaban J connectivity index is 1.46. The Hall–Kier alpha value is -4.05. The van der Waals surface area contributed by atoms with Crippen LogP contribution in [0.4, 0.5) is 0 Å². The van der Waals surface area contributed by atoms with Crippen LogP contribution < -0.4 is 0 Å². The van der Waals surface area contributed by atoms with Gasteiger partial charge in [0, 0.05) is 32.1 Å². The van der Waals surface area contributed by atoms with Crippen molar-refractivity contribution in [2.45, 2.75) is 112 Å². The van der Waals surface area contributed by atoms with Gasteiger partial charge >= 0.3 is 29.8 Å². The zero-order chi connectivity index (χ0) is 43.0. The number of halogens is 3. The van der Waals surface area contributed by atoms with Crippen LogP contribution in [0.5, 0.6) is 0 Å². The first-order valence-electron chi connectivity index (χ1n) is 19.0. The number of ketones is 1. The molecule has 4 fully saturated rings. The molecule has 2 aromatic rings. The van der Waals surface area contributed by atoms with Crippen LogP contribution in [0.3, 0.4) is 0 Å². The van der Waals surface area contributed by atoms with Crippen LogP contribution in [0.25, 0.3) is 0 Å². The van der Waals surface area contributed by atoms with Crippen LogP contribution in [0, 0.1) is 16.7 Å². The number of alkyl halides is 3. The van der Waals surface area contributed by atoms with E-state index in [1.54, 1.807) is 63.2 Å². The van der Waals surface area contributed by atoms with Crippen molar-refractivity contribution in [3.05, 3.63) is 82.9 Å². The normalized spacial score (nSPS) is 35.6. The molecule has 316 valence electrons. The summed E-state index contributed by atoms with van der Waals surface area (Å²) in [5, 5.41) is 13.7. The molecule has 2 bridgehead atoms. The Kier molecular flexibility index (Phi) is 11.0. The highest BCUT2D eigenvalue weighted by Crippen LogP contribution is 2.65. The molecule has 14 nitrogen and oxygen atoms in total. The van der Waals surface area contributed by atoms with E-state index < -0.39 is 117 Å². The fourth-order valence-corrected chi connectivity index (χ4v) is 9.89. The van der Waals surface area contributed by atoms with E-state index in [-0.39, 0.29) is 29.7 Å². The summed E-state index contributed by atoms with van der Waals surface area (Å²) in [4.78, 5) is 83.5. The molecule has 2 aromatic carbocycles. The summed E-state index contributed by atoms with van der Waals surface area (Å²) >= 11 is 17.9. The lowest BCUT2D eigenvalue weighted by atomic mass is 9.44. The molecule has 0 spiro atoms. The number of aliphatic hydroxyl groups is 1. The first-order chi connectivity index (χ1) is 27.6. The van der Waals surface area contributed by atoms with Gasteiger partial charge in [-0.2, -0.15) is 0 Å². The zero-order valence-corrected chi connectivity index (χ0v) is 35.2. The van der Waals surface area contributed by atoms with Crippen molar-refractivity contribution >= 4 is 70.4 Å². The van der Waals surface area contributed by atoms with Crippen LogP contribution in [-0.4, -0.2) is 99.0 Å². The maximum atomic E-state index is 15.8. The molecule has 1 N–H and O–H groups in total. The standard InChI is InChI=1S/C42H43Cl3O14/c1-20-25(55-36(50)31-29(57-31)23-13-9-7-10-14-23)18-41(52)34(58-35(49)24-15-11-8-12-16-24)32-39(6,33(48)30(54-21(2)46)28(20)38(41,4)5)26(56-37(51)42(43,44)45)17-27-40(32,19-53-27)59-22(3)47/h7-16,25-27,29-32,34,52H,17-19H2,1-6H3/t25?,26-,27+,29+,30+,31+,32?,34?,39+,40-,41+/m0/s1. The molecule has 7 rings (SSSR count). The van der Waals surface area contributed by atoms with E-state index in [4.69, 9.17) is 68.0 Å². The van der Waals surface area contributed by atoms with Gasteiger partial charge in [0.25, 0.3) is 3.79 Å². The van der Waals surface area contributed by atoms with Crippen LogP contribution in [-0.2, 0) is 57.1 Å². The largest absolute Gasteiger partial charge is 0.458 e. The SMILES string of the molecule is CC(=O)O[C@H]1C(=O)[C@@]2(C)C(C(OC(=O)c3ccccc3)[C@]3(O)CC(OC(=O)[C@@H]4O[C@@H]4c4ccccc4)C(C)=C1C3(C)C)[C@]1(OC(C)=O)CO[C@@H]1C[C@@H]2OC(=O)C(Cl)(Cl)Cl. The second-order valence-electron chi connectivity index (χ2n) is 16.4. The van der Waals surface area contributed by atoms with Gasteiger partial charge in [0.15, 0.2) is 23.6 Å². The van der Waals surface area contributed by atoms with Crippen molar-refractivity contribution in [3.8, 4) is 0 Å². The maximum Gasteiger partial charge on any atom is 0.358 e. The first kappa shape index (κ1) is 43.1. The van der Waals surface area contributed by atoms with E-state index in [1.807, 2.05) is 6.07 Å². The highest BCUT2D eigenvalue weighted by molar-refractivity contribution is 6.75. The lowest BCUT2D eigenvalue weighted by molar-refractivity contribution is -0.346. The molecular formula is C42H43Cl3O14. The molecule has 3 unspecified atom stereocenters. The Morgan fingerprint density at radius 1 is 0.864 bits per heavy atom. The second-order valence-corrected chi connectivity index (χ2v) is 18.7. The number of ether oxygens (including phenoxy) is 7. The van der Waals surface area contributed by atoms with Crippen molar-refractivity contribution in [1.29, 1.82) is 0 Å². The van der Waals surface area contributed by atoms with Crippen LogP contribution >= 0.6 is 34.8 Å². The average Bonchev–Trinajstić information content (AvgIpc) is 3.97. The van der Waals surface area contributed by atoms with Crippen molar-refractivity contribution < 1.29 is 67.0 Å². The van der Waals surface area contributed by atoms with Gasteiger partial charge in [-0.1, -0.05) is 97.2 Å². The molecule has 0 amide bonds. The molecular weight excluding hydrogens is 835 g/mol. The third-order valence-electron chi connectivity index (χ3n) is 12.7. The lowest BCUT2D eigenvalue weighted by Gasteiger charge is -2.67. The highest BCUT2D eigenvalue weighted by Gasteiger charge is 2.79. The van der Waals surface area contributed by atoms with Gasteiger partial charge in [0.2, 0.25) is 0 Å². The number of esters is 5. The van der Waals surface area contributed by atoms with Crippen molar-refractivity contribution in [1.82, 2.24) is 0 Å². The quantitative estimate of drug-likeness (QED) is 0.119. The molecule has 59 heavy (non-hydrogen) atoms. The number of Topliss-reactive ketones (excluding diaryl/α,β-unsaturated/α-hetero) is 1. The van der Waals surface area contributed by atoms with Crippen LogP contribution in [0.2, 0.25) is 0 Å². The van der Waals surface area contributed by atoms with E-state index in [0.717, 1.165) is 19.4 Å². The number of fused-ring (bicyclic) bond motifs is 5. The molecule has 3 aliphatic carbocycles. The summed E-state index contributed by atoms with van der Waals surface area (Å²) in [5.74, 6) is -7.35. The summed E-state index contributed by atoms with van der Waals surface area (Å²) in [7, 11) is 0. The first-order valence-corrected chi connectivity index (χ1v) is 20.1. The number of benzene rings is 2. The lowest BCUT2D eigenvalue weighted by Crippen LogP contribution is -2.82. The molecule has 2 saturated heterocycles. The number of rotatable bonds is 8. The average molecular weight is 878 g/mol. The molecule has 0 aromatic heterocycles. The summed E-state index contributed by atoms with van der Waals surface area (Å²) in [6.07, 6.45) is -10.1. The minimum Gasteiger partial charge on any atom is -0.458 e. The van der Waals surface area contributed by atoms with Crippen molar-refractivity contribution in [2.75, 3.05) is 6.61 Å². The van der Waals surface area contributed by atoms with E-state index in [9.17, 15) is 29.1 Å². The third-order valence-corrected chi connectivity index (χ3v) is 13.2. The van der Waals surface area contributed by atoms with E-state index >= 15 is 4.79 Å². The van der Waals surface area contributed by atoms with Crippen molar-refractivity contribution in [2.24, 2.45) is 16.7 Å². The fraction of sp³-hybridized carbons (Fsp3) is 0.524. The van der Waals surface area contributed by atoms with Crippen LogP contribution in [0.15, 0.2) is 71.8 Å². The van der Waals surface area contributed by atoms with Crippen LogP contribution in [0.1, 0.15) is 76.4 Å². The Labute approximate surface area is 354 Å². The van der Waals surface area contributed by atoms with E-state index in [0.29, 0.717) is 0 Å². The zero-order valence-electron chi connectivity index (χ0n) is 32.9. The number of hydrogen-bond donors (Lipinski definition) is 1. The van der Waals surface area contributed by atoms with Gasteiger partial charge < -0.3 is 38.3 Å². The number of epoxide rings is 1. The number of hydrogen-bond acceptors (Lipinski definition) is 14. The molecule has 2 saturated carbocycles. The van der Waals surface area contributed by atoms with Gasteiger partial charge in [-0.05, 0) is 42.7 Å². The summed E-state index contributed by atoms with van der Waals surface area (Å²) in [6, 6.07) is 16.8. The molecule has 2 heterocycles. The number of carbonyl (C=O) groups is 6. The molecule has 2 aliphatic heterocycles. The molecule has 5 aliphatic rings. The van der Waals surface area contributed by atoms with Gasteiger partial charge in [-0.3, -0.25) is 14.4 Å². The second kappa shape index (κ2) is 15.1. The minimum absolute atomic E-state index is 0.0287. The number of carbonyl (C=O) groups excluding carboxylic acids is 6. The molecule has 0 radical (unpaired) electrons. The molecule has 11 atom stereocenters. The van der Waals surface area contributed by atoms with Gasteiger partial charge in [-0.25, -0.2) is 14.4 Å². The van der Waals surface area contributed by atoms with Crippen molar-refractivity contribution in [3.63, 3.8) is 0 Å². The smallest absolute Gasteiger partial charge is 0.358 e. The minimum atomic E-state index is -2.63. The molecule has 17 heteroatoms. The Bertz CT molecular complexity index is 2100. The fourth-order valence-electron chi connectivity index (χ4n) is 9.76. The highest BCUT2D eigenvalue weighted by atomic mass is 35.6. The summed E-state index contributed by atoms with van der Waals surface area (Å²) < 4.78 is 39.4. The van der Waals surface area contributed by atoms with Gasteiger partial charge in [0.1, 0.15) is 36.1 Å². The van der Waals surface area contributed by atoms with E-state index in [2.05, 4.69) is 0 Å². The third kappa shape index (κ3) is 7.13. The summed E-state index contributed by atoms with van der Waals surface area (Å²) in [5.41, 5.74) is -6.94. The van der Waals surface area contributed by atoms with Gasteiger partial charge in [-0.15, -0.1) is 0 Å². The Morgan fingerprint density at radius 3 is 2.05 bits per heavy atom. The Morgan fingerprint density at radius 2 is 1.49 bits per heavy atom. The maximum absolute atomic E-state index is 15.8. The monoisotopic (exact) mass is 876 g/mol. The predicted octanol–water partition coefficient (Wildman–Crippen LogP) is 5.26.